The summed E-state index contributed by atoms with van der Waals surface area (Å²) in [4.78, 5) is 0. The van der Waals surface area contributed by atoms with Crippen molar-refractivity contribution in [3.8, 4) is 0 Å². The van der Waals surface area contributed by atoms with Gasteiger partial charge < -0.3 is 15.5 Å². The van der Waals surface area contributed by atoms with Crippen LogP contribution in [0.2, 0.25) is 0 Å². The first kappa shape index (κ1) is 8.88. The second kappa shape index (κ2) is 6.01. The molecular formula is C6H14NO2. The van der Waals surface area contributed by atoms with Gasteiger partial charge in [0, 0.05) is 13.2 Å². The zero-order valence-electron chi connectivity index (χ0n) is 5.51. The van der Waals surface area contributed by atoms with Crippen LogP contribution in [-0.4, -0.2) is 36.0 Å². The van der Waals surface area contributed by atoms with Crippen LogP contribution in [0.25, 0.3) is 0 Å². The van der Waals surface area contributed by atoms with Gasteiger partial charge in [0.2, 0.25) is 0 Å². The Morgan fingerprint density at radius 2 is 2.22 bits per heavy atom. The first-order valence-electron chi connectivity index (χ1n) is 3.10. The molecule has 0 aliphatic rings. The van der Waals surface area contributed by atoms with Crippen molar-refractivity contribution in [2.45, 2.75) is 12.5 Å². The molecule has 55 valence electrons. The summed E-state index contributed by atoms with van der Waals surface area (Å²) in [5.41, 5.74) is 0. The van der Waals surface area contributed by atoms with E-state index in [2.05, 4.69) is 12.2 Å². The molecule has 0 heterocycles. The maximum atomic E-state index is 8.62. The van der Waals surface area contributed by atoms with E-state index in [9.17, 15) is 0 Å². The maximum absolute atomic E-state index is 8.62. The molecule has 1 atom stereocenters. The number of hydrogen-bond acceptors (Lipinski definition) is 3. The number of hydrogen-bond donors (Lipinski definition) is 3. The summed E-state index contributed by atoms with van der Waals surface area (Å²) in [5, 5.41) is 19.8. The van der Waals surface area contributed by atoms with Gasteiger partial charge in [-0.2, -0.15) is 0 Å². The third kappa shape index (κ3) is 7.88. The topological polar surface area (TPSA) is 52.5 Å². The van der Waals surface area contributed by atoms with Crippen molar-refractivity contribution >= 4 is 0 Å². The second-order valence-electron chi connectivity index (χ2n) is 1.94. The van der Waals surface area contributed by atoms with Crippen molar-refractivity contribution in [2.75, 3.05) is 19.7 Å². The van der Waals surface area contributed by atoms with Gasteiger partial charge in [0.1, 0.15) is 0 Å². The van der Waals surface area contributed by atoms with E-state index in [0.29, 0.717) is 6.54 Å². The molecule has 0 saturated carbocycles. The summed E-state index contributed by atoms with van der Waals surface area (Å²) in [6, 6.07) is 0. The minimum absolute atomic E-state index is 0.195. The Bertz CT molecular complexity index is 57.0. The van der Waals surface area contributed by atoms with E-state index in [1.807, 2.05) is 0 Å². The normalized spacial score (nSPS) is 13.7. The third-order valence-corrected chi connectivity index (χ3v) is 0.892. The Hall–Kier alpha value is -0.120. The van der Waals surface area contributed by atoms with Gasteiger partial charge in [-0.3, -0.25) is 0 Å². The molecule has 1 radical (unpaired) electrons. The molecule has 0 aliphatic carbocycles. The second-order valence-corrected chi connectivity index (χ2v) is 1.94. The van der Waals surface area contributed by atoms with Crippen LogP contribution in [0, 0.1) is 6.92 Å². The summed E-state index contributed by atoms with van der Waals surface area (Å²) < 4.78 is 0. The van der Waals surface area contributed by atoms with Gasteiger partial charge >= 0.3 is 0 Å². The Labute approximate surface area is 55.7 Å². The lowest BCUT2D eigenvalue weighted by atomic mass is 10.4. The minimum Gasteiger partial charge on any atom is -0.396 e. The standard InChI is InChI=1S/C6H14NO2/c1-6(9)5-7-3-2-4-8/h6-9H,1-5H2. The Morgan fingerprint density at radius 1 is 1.56 bits per heavy atom. The quantitative estimate of drug-likeness (QED) is 0.427. The van der Waals surface area contributed by atoms with E-state index in [1.165, 1.54) is 0 Å². The summed E-state index contributed by atoms with van der Waals surface area (Å²) in [7, 11) is 0. The first-order chi connectivity index (χ1) is 4.27. The zero-order valence-corrected chi connectivity index (χ0v) is 5.51. The lowest BCUT2D eigenvalue weighted by Gasteiger charge is -2.04. The lowest BCUT2D eigenvalue weighted by molar-refractivity contribution is 0.213. The Balaban J connectivity index is 2.75. The fourth-order valence-electron chi connectivity index (χ4n) is 0.473. The predicted molar refractivity (Wildman–Crippen MR) is 35.9 cm³/mol. The minimum atomic E-state index is -0.538. The molecule has 3 N–H and O–H groups in total. The molecule has 0 amide bonds. The van der Waals surface area contributed by atoms with Gasteiger partial charge in [-0.1, -0.05) is 0 Å². The monoisotopic (exact) mass is 132 g/mol. The molecule has 0 aromatic carbocycles. The molecule has 0 saturated heterocycles. The number of aliphatic hydroxyl groups is 2. The van der Waals surface area contributed by atoms with Gasteiger partial charge in [0.25, 0.3) is 0 Å². The number of nitrogens with one attached hydrogen (secondary N) is 1. The molecule has 0 fully saturated rings. The van der Waals surface area contributed by atoms with Gasteiger partial charge in [0.15, 0.2) is 0 Å². The largest absolute Gasteiger partial charge is 0.396 e. The summed E-state index contributed by atoms with van der Waals surface area (Å²) in [6.07, 6.45) is 0.191. The van der Waals surface area contributed by atoms with Gasteiger partial charge in [-0.25, -0.2) is 0 Å². The summed E-state index contributed by atoms with van der Waals surface area (Å²) in [5.74, 6) is 0. The molecule has 0 bridgehead atoms. The van der Waals surface area contributed by atoms with Crippen molar-refractivity contribution in [3.05, 3.63) is 6.92 Å². The molecule has 9 heavy (non-hydrogen) atoms. The number of aliphatic hydroxyl groups excluding tert-OH is 2. The van der Waals surface area contributed by atoms with Crippen molar-refractivity contribution < 1.29 is 10.2 Å². The average molecular weight is 132 g/mol. The van der Waals surface area contributed by atoms with Crippen LogP contribution in [0.3, 0.4) is 0 Å². The molecular weight excluding hydrogens is 118 g/mol. The fraction of sp³-hybridized carbons (Fsp3) is 0.833. The van der Waals surface area contributed by atoms with Crippen LogP contribution in [0.1, 0.15) is 6.42 Å². The predicted octanol–water partition coefficient (Wildman–Crippen LogP) is -0.847. The Morgan fingerprint density at radius 3 is 2.67 bits per heavy atom. The van der Waals surface area contributed by atoms with Crippen LogP contribution in [0.5, 0.6) is 0 Å². The van der Waals surface area contributed by atoms with Crippen molar-refractivity contribution in [3.63, 3.8) is 0 Å². The maximum Gasteiger partial charge on any atom is 0.0665 e. The van der Waals surface area contributed by atoms with Crippen LogP contribution in [0.15, 0.2) is 0 Å². The van der Waals surface area contributed by atoms with Crippen molar-refractivity contribution in [1.82, 2.24) is 5.32 Å². The van der Waals surface area contributed by atoms with E-state index in [4.69, 9.17) is 10.2 Å². The third-order valence-electron chi connectivity index (χ3n) is 0.892. The fourth-order valence-corrected chi connectivity index (χ4v) is 0.473. The highest BCUT2D eigenvalue weighted by atomic mass is 16.3. The average Bonchev–Trinajstić information content (AvgIpc) is 1.80. The SMILES string of the molecule is [CH2]C(O)CNCCCO. The first-order valence-corrected chi connectivity index (χ1v) is 3.10. The van der Waals surface area contributed by atoms with E-state index in [-0.39, 0.29) is 6.61 Å². The van der Waals surface area contributed by atoms with E-state index in [0.717, 1.165) is 13.0 Å². The van der Waals surface area contributed by atoms with Crippen LogP contribution in [0.4, 0.5) is 0 Å². The molecule has 1 unspecified atom stereocenters. The summed E-state index contributed by atoms with van der Waals surface area (Å²) in [6.45, 7) is 4.80. The van der Waals surface area contributed by atoms with Crippen LogP contribution >= 0.6 is 0 Å². The lowest BCUT2D eigenvalue weighted by Crippen LogP contribution is -2.25. The smallest absolute Gasteiger partial charge is 0.0665 e. The number of rotatable bonds is 5. The highest BCUT2D eigenvalue weighted by Gasteiger charge is 1.91. The highest BCUT2D eigenvalue weighted by Crippen LogP contribution is 1.75. The molecule has 3 nitrogen and oxygen atoms in total. The van der Waals surface area contributed by atoms with E-state index in [1.54, 1.807) is 0 Å². The molecule has 0 aromatic rings. The van der Waals surface area contributed by atoms with Gasteiger partial charge in [-0.05, 0) is 19.9 Å². The zero-order chi connectivity index (χ0) is 7.11. The summed E-state index contributed by atoms with van der Waals surface area (Å²) >= 11 is 0. The van der Waals surface area contributed by atoms with Gasteiger partial charge in [0.05, 0.1) is 6.10 Å². The van der Waals surface area contributed by atoms with Crippen LogP contribution in [-0.2, 0) is 0 Å². The van der Waals surface area contributed by atoms with E-state index >= 15 is 0 Å². The Kier molecular flexibility index (Phi) is 5.93. The highest BCUT2D eigenvalue weighted by molar-refractivity contribution is 4.59. The van der Waals surface area contributed by atoms with Crippen molar-refractivity contribution in [2.24, 2.45) is 0 Å². The van der Waals surface area contributed by atoms with Crippen molar-refractivity contribution in [1.29, 1.82) is 0 Å². The van der Waals surface area contributed by atoms with Crippen LogP contribution < -0.4 is 5.32 Å². The molecule has 0 spiro atoms. The molecule has 0 rings (SSSR count). The molecule has 3 heteroatoms. The molecule has 0 aromatic heterocycles. The van der Waals surface area contributed by atoms with Gasteiger partial charge in [-0.15, -0.1) is 0 Å². The molecule has 0 aliphatic heterocycles. The van der Waals surface area contributed by atoms with E-state index < -0.39 is 6.10 Å².